The second-order valence-corrected chi connectivity index (χ2v) is 5.27. The molecule has 0 saturated carbocycles. The molecule has 3 N–H and O–H groups in total. The number of halogens is 2. The van der Waals surface area contributed by atoms with E-state index in [2.05, 4.69) is 24.1 Å². The highest BCUT2D eigenvalue weighted by Crippen LogP contribution is 2.28. The maximum atomic E-state index is 6.11. The monoisotopic (exact) mass is 289 g/mol. The van der Waals surface area contributed by atoms with Crippen LogP contribution in [-0.2, 0) is 0 Å². The maximum Gasteiger partial charge on any atom is 0.147 e. The maximum absolute atomic E-state index is 6.11. The van der Waals surface area contributed by atoms with E-state index in [0.717, 1.165) is 19.3 Å². The van der Waals surface area contributed by atoms with E-state index >= 15 is 0 Å². The number of unbranched alkanes of at least 4 members (excludes halogenated alkanes) is 1. The van der Waals surface area contributed by atoms with E-state index in [1.807, 2.05) is 0 Å². The van der Waals surface area contributed by atoms with Gasteiger partial charge in [-0.1, -0.05) is 56.3 Å². The third-order valence-electron chi connectivity index (χ3n) is 2.84. The quantitative estimate of drug-likeness (QED) is 0.762. The van der Waals surface area contributed by atoms with Gasteiger partial charge in [0, 0.05) is 6.04 Å². The molecule has 1 aromatic rings. The minimum atomic E-state index is 0.314. The van der Waals surface area contributed by atoms with Crippen LogP contribution in [0.5, 0.6) is 0 Å². The number of pyridine rings is 1. The fourth-order valence-corrected chi connectivity index (χ4v) is 2.28. The van der Waals surface area contributed by atoms with Gasteiger partial charge < -0.3 is 11.1 Å². The van der Waals surface area contributed by atoms with Crippen LogP contribution in [0.15, 0.2) is 6.07 Å². The number of nitrogens with two attached hydrogens (primary N) is 1. The number of nitrogen functional groups attached to an aromatic ring is 1. The first-order valence-corrected chi connectivity index (χ1v) is 7.22. The summed E-state index contributed by atoms with van der Waals surface area (Å²) < 4.78 is 0. The number of anilines is 2. The smallest absolute Gasteiger partial charge is 0.147 e. The van der Waals surface area contributed by atoms with Gasteiger partial charge in [0.05, 0.1) is 10.0 Å². The average Bonchev–Trinajstić information content (AvgIpc) is 2.33. The minimum Gasteiger partial charge on any atom is -0.382 e. The van der Waals surface area contributed by atoms with Gasteiger partial charge in [0.2, 0.25) is 0 Å². The molecule has 0 radical (unpaired) electrons. The first kappa shape index (κ1) is 15.4. The molecule has 0 aliphatic rings. The highest BCUT2D eigenvalue weighted by Gasteiger charge is 2.12. The zero-order valence-corrected chi connectivity index (χ0v) is 12.5. The van der Waals surface area contributed by atoms with Gasteiger partial charge in [-0.3, -0.25) is 0 Å². The van der Waals surface area contributed by atoms with Crippen molar-refractivity contribution in [2.24, 2.45) is 0 Å². The molecule has 0 bridgehead atoms. The molecule has 0 aliphatic heterocycles. The Kier molecular flexibility index (Phi) is 6.58. The molecule has 1 rings (SSSR count). The summed E-state index contributed by atoms with van der Waals surface area (Å²) in [5.41, 5.74) is 5.70. The molecule has 0 amide bonds. The average molecular weight is 290 g/mol. The molecule has 0 spiro atoms. The van der Waals surface area contributed by atoms with Crippen LogP contribution in [-0.4, -0.2) is 11.0 Å². The number of nitrogens with zero attached hydrogens (tertiary/aromatic N) is 1. The summed E-state index contributed by atoms with van der Waals surface area (Å²) in [5.74, 6) is 0.947. The van der Waals surface area contributed by atoms with Crippen molar-refractivity contribution in [1.82, 2.24) is 4.98 Å². The number of aromatic nitrogens is 1. The Labute approximate surface area is 119 Å². The highest BCUT2D eigenvalue weighted by molar-refractivity contribution is 6.37. The van der Waals surface area contributed by atoms with Crippen LogP contribution in [0, 0.1) is 0 Å². The summed E-state index contributed by atoms with van der Waals surface area (Å²) in [6.07, 6.45) is 5.72. The lowest BCUT2D eigenvalue weighted by Crippen LogP contribution is -2.20. The van der Waals surface area contributed by atoms with Crippen molar-refractivity contribution >= 4 is 34.8 Å². The summed E-state index contributed by atoms with van der Waals surface area (Å²) in [7, 11) is 0. The first-order valence-electron chi connectivity index (χ1n) is 6.46. The van der Waals surface area contributed by atoms with Crippen LogP contribution in [0.1, 0.15) is 46.0 Å². The van der Waals surface area contributed by atoms with Crippen molar-refractivity contribution in [1.29, 1.82) is 0 Å². The lowest BCUT2D eigenvalue weighted by Gasteiger charge is -2.19. The van der Waals surface area contributed by atoms with Crippen LogP contribution in [0.25, 0.3) is 0 Å². The Morgan fingerprint density at radius 2 is 1.94 bits per heavy atom. The third-order valence-corrected chi connectivity index (χ3v) is 3.43. The summed E-state index contributed by atoms with van der Waals surface area (Å²) in [4.78, 5) is 4.21. The number of nitrogens with one attached hydrogen (secondary N) is 1. The van der Waals surface area contributed by atoms with Gasteiger partial charge in [-0.25, -0.2) is 4.98 Å². The van der Waals surface area contributed by atoms with Gasteiger partial charge in [-0.2, -0.15) is 0 Å². The zero-order valence-electron chi connectivity index (χ0n) is 11.0. The summed E-state index contributed by atoms with van der Waals surface area (Å²) in [6.45, 7) is 4.36. The SMILES string of the molecule is CCCCC(CCC)Nc1nc(N)c(Cl)cc1Cl. The van der Waals surface area contributed by atoms with E-state index in [1.165, 1.54) is 12.8 Å². The number of hydrogen-bond donors (Lipinski definition) is 2. The molecule has 1 aromatic heterocycles. The van der Waals surface area contributed by atoms with Crippen molar-refractivity contribution in [3.63, 3.8) is 0 Å². The van der Waals surface area contributed by atoms with Crippen molar-refractivity contribution in [3.05, 3.63) is 16.1 Å². The van der Waals surface area contributed by atoms with Crippen LogP contribution in [0.3, 0.4) is 0 Å². The number of hydrogen-bond acceptors (Lipinski definition) is 3. The van der Waals surface area contributed by atoms with Gasteiger partial charge in [0.1, 0.15) is 11.6 Å². The lowest BCUT2D eigenvalue weighted by atomic mass is 10.1. The molecule has 1 unspecified atom stereocenters. The van der Waals surface area contributed by atoms with E-state index in [1.54, 1.807) is 6.07 Å². The Morgan fingerprint density at radius 3 is 2.56 bits per heavy atom. The molecule has 102 valence electrons. The van der Waals surface area contributed by atoms with Gasteiger partial charge in [0.25, 0.3) is 0 Å². The van der Waals surface area contributed by atoms with Crippen LogP contribution in [0.2, 0.25) is 10.0 Å². The van der Waals surface area contributed by atoms with Gasteiger partial charge in [-0.05, 0) is 18.9 Å². The second kappa shape index (κ2) is 7.70. The molecular weight excluding hydrogens is 269 g/mol. The molecule has 1 heterocycles. The largest absolute Gasteiger partial charge is 0.382 e. The van der Waals surface area contributed by atoms with Crippen LogP contribution in [0.4, 0.5) is 11.6 Å². The van der Waals surface area contributed by atoms with E-state index in [-0.39, 0.29) is 0 Å². The van der Waals surface area contributed by atoms with Gasteiger partial charge in [-0.15, -0.1) is 0 Å². The standard InChI is InChI=1S/C13H21Cl2N3/c1-3-5-7-9(6-4-2)17-13-11(15)8-10(14)12(16)18-13/h8-9H,3-7H2,1-2H3,(H3,16,17,18). The Balaban J connectivity index is 2.76. The topological polar surface area (TPSA) is 50.9 Å². The van der Waals surface area contributed by atoms with Gasteiger partial charge >= 0.3 is 0 Å². The molecule has 3 nitrogen and oxygen atoms in total. The summed E-state index contributed by atoms with van der Waals surface area (Å²) in [6, 6.07) is 2.02. The van der Waals surface area contributed by atoms with Crippen LogP contribution >= 0.6 is 23.2 Å². The Bertz CT molecular complexity index is 383. The fraction of sp³-hybridized carbons (Fsp3) is 0.615. The summed E-state index contributed by atoms with van der Waals surface area (Å²) in [5, 5.41) is 4.28. The predicted octanol–water partition coefficient (Wildman–Crippen LogP) is 4.74. The molecule has 5 heteroatoms. The first-order chi connectivity index (χ1) is 8.58. The van der Waals surface area contributed by atoms with Crippen molar-refractivity contribution in [2.75, 3.05) is 11.1 Å². The van der Waals surface area contributed by atoms with Crippen molar-refractivity contribution < 1.29 is 0 Å². The molecule has 0 fully saturated rings. The fourth-order valence-electron chi connectivity index (χ4n) is 1.86. The molecule has 0 saturated heterocycles. The Morgan fingerprint density at radius 1 is 1.22 bits per heavy atom. The molecule has 0 aliphatic carbocycles. The van der Waals surface area contributed by atoms with E-state index in [9.17, 15) is 0 Å². The zero-order chi connectivity index (χ0) is 13.5. The lowest BCUT2D eigenvalue weighted by molar-refractivity contribution is 0.563. The molecular formula is C13H21Cl2N3. The normalized spacial score (nSPS) is 12.4. The van der Waals surface area contributed by atoms with Crippen LogP contribution < -0.4 is 11.1 Å². The third kappa shape index (κ3) is 4.54. The van der Waals surface area contributed by atoms with E-state index in [0.29, 0.717) is 27.7 Å². The molecule has 18 heavy (non-hydrogen) atoms. The van der Waals surface area contributed by atoms with Crippen molar-refractivity contribution in [2.45, 2.75) is 52.0 Å². The predicted molar refractivity (Wildman–Crippen MR) is 80.5 cm³/mol. The highest BCUT2D eigenvalue weighted by atomic mass is 35.5. The molecule has 0 aromatic carbocycles. The van der Waals surface area contributed by atoms with Gasteiger partial charge in [0.15, 0.2) is 0 Å². The van der Waals surface area contributed by atoms with E-state index < -0.39 is 0 Å². The minimum absolute atomic E-state index is 0.314. The summed E-state index contributed by atoms with van der Waals surface area (Å²) >= 11 is 12.0. The Hall–Kier alpha value is -0.670. The molecule has 1 atom stereocenters. The number of rotatable bonds is 7. The van der Waals surface area contributed by atoms with Crippen molar-refractivity contribution in [3.8, 4) is 0 Å². The van der Waals surface area contributed by atoms with E-state index in [4.69, 9.17) is 28.9 Å². The second-order valence-electron chi connectivity index (χ2n) is 4.46.